The minimum Gasteiger partial charge on any atom is -0.398 e. The maximum Gasteiger partial charge on any atom is 0.251 e. The minimum atomic E-state index is -0.492. The third-order valence-electron chi connectivity index (χ3n) is 2.88. The van der Waals surface area contributed by atoms with Gasteiger partial charge in [0.1, 0.15) is 5.82 Å². The summed E-state index contributed by atoms with van der Waals surface area (Å²) in [6.07, 6.45) is 0.693. The predicted octanol–water partition coefficient (Wildman–Crippen LogP) is 1.61. The summed E-state index contributed by atoms with van der Waals surface area (Å²) in [5, 5.41) is 12.0. The molecule has 0 heterocycles. The van der Waals surface area contributed by atoms with Crippen molar-refractivity contribution in [2.75, 3.05) is 12.3 Å². The summed E-state index contributed by atoms with van der Waals surface area (Å²) in [4.78, 5) is 11.7. The lowest BCUT2D eigenvalue weighted by atomic mass is 10.1. The standard InChI is InChI=1S/C13H19FN2O2/c1-3-10(17)4-5-16-13(18)9-6-11(14)8(2)12(15)7-9/h6-7,10,17H,3-5,15H2,1-2H3,(H,16,18). The van der Waals surface area contributed by atoms with Crippen molar-refractivity contribution < 1.29 is 14.3 Å². The molecule has 100 valence electrons. The molecule has 5 heteroatoms. The molecule has 0 fully saturated rings. The van der Waals surface area contributed by atoms with E-state index in [-0.39, 0.29) is 17.2 Å². The quantitative estimate of drug-likeness (QED) is 0.699. The van der Waals surface area contributed by atoms with Gasteiger partial charge in [0.05, 0.1) is 6.10 Å². The van der Waals surface area contributed by atoms with Crippen molar-refractivity contribution in [3.63, 3.8) is 0 Å². The minimum absolute atomic E-state index is 0.196. The van der Waals surface area contributed by atoms with Crippen molar-refractivity contribution in [3.8, 4) is 0 Å². The van der Waals surface area contributed by atoms with Gasteiger partial charge in [0.25, 0.3) is 5.91 Å². The molecule has 1 amide bonds. The number of aliphatic hydroxyl groups is 1. The van der Waals surface area contributed by atoms with Crippen LogP contribution in [-0.2, 0) is 0 Å². The molecule has 0 spiro atoms. The van der Waals surface area contributed by atoms with E-state index in [4.69, 9.17) is 5.73 Å². The first-order chi connectivity index (χ1) is 8.45. The fourth-order valence-corrected chi connectivity index (χ4v) is 1.49. The fraction of sp³-hybridized carbons (Fsp3) is 0.462. The number of rotatable bonds is 5. The highest BCUT2D eigenvalue weighted by Crippen LogP contribution is 2.17. The molecule has 4 N–H and O–H groups in total. The molecule has 0 aliphatic rings. The molecule has 4 nitrogen and oxygen atoms in total. The Bertz CT molecular complexity index is 412. The molecule has 0 saturated carbocycles. The van der Waals surface area contributed by atoms with Gasteiger partial charge in [0, 0.05) is 23.4 Å². The van der Waals surface area contributed by atoms with Crippen molar-refractivity contribution in [3.05, 3.63) is 29.1 Å². The first-order valence-electron chi connectivity index (χ1n) is 5.97. The normalized spacial score (nSPS) is 12.2. The zero-order valence-electron chi connectivity index (χ0n) is 10.7. The highest BCUT2D eigenvalue weighted by atomic mass is 19.1. The molecule has 1 aromatic rings. The molecule has 1 unspecified atom stereocenters. The van der Waals surface area contributed by atoms with E-state index >= 15 is 0 Å². The van der Waals surface area contributed by atoms with Crippen LogP contribution in [0, 0.1) is 12.7 Å². The average Bonchev–Trinajstić information content (AvgIpc) is 2.34. The van der Waals surface area contributed by atoms with Gasteiger partial charge in [-0.2, -0.15) is 0 Å². The van der Waals surface area contributed by atoms with Gasteiger partial charge in [0.15, 0.2) is 0 Å². The van der Waals surface area contributed by atoms with E-state index in [0.29, 0.717) is 24.9 Å². The summed E-state index contributed by atoms with van der Waals surface area (Å²) in [6, 6.07) is 2.61. The van der Waals surface area contributed by atoms with Crippen LogP contribution in [0.1, 0.15) is 35.7 Å². The Labute approximate surface area is 106 Å². The molecule has 0 aliphatic carbocycles. The molecule has 0 radical (unpaired) electrons. The van der Waals surface area contributed by atoms with Gasteiger partial charge >= 0.3 is 0 Å². The second kappa shape index (κ2) is 6.35. The Kier molecular flexibility index (Phi) is 5.09. The lowest BCUT2D eigenvalue weighted by Crippen LogP contribution is -2.27. The van der Waals surface area contributed by atoms with Crippen LogP contribution in [-0.4, -0.2) is 23.7 Å². The van der Waals surface area contributed by atoms with Gasteiger partial charge in [-0.05, 0) is 31.9 Å². The number of amides is 1. The van der Waals surface area contributed by atoms with E-state index in [1.165, 1.54) is 6.07 Å². The second-order valence-electron chi connectivity index (χ2n) is 4.28. The van der Waals surface area contributed by atoms with Crippen molar-refractivity contribution in [1.29, 1.82) is 0 Å². The SMILES string of the molecule is CCC(O)CCNC(=O)c1cc(N)c(C)c(F)c1. The zero-order chi connectivity index (χ0) is 13.7. The Morgan fingerprint density at radius 2 is 2.22 bits per heavy atom. The number of nitrogens with one attached hydrogen (secondary N) is 1. The fourth-order valence-electron chi connectivity index (χ4n) is 1.49. The van der Waals surface area contributed by atoms with Crippen molar-refractivity contribution in [2.24, 2.45) is 0 Å². The maximum atomic E-state index is 13.4. The summed E-state index contributed by atoms with van der Waals surface area (Å²) in [5.74, 6) is -0.877. The first-order valence-corrected chi connectivity index (χ1v) is 5.97. The number of aliphatic hydroxyl groups excluding tert-OH is 1. The van der Waals surface area contributed by atoms with Crippen LogP contribution < -0.4 is 11.1 Å². The van der Waals surface area contributed by atoms with E-state index in [2.05, 4.69) is 5.32 Å². The van der Waals surface area contributed by atoms with Crippen LogP contribution in [0.15, 0.2) is 12.1 Å². The second-order valence-corrected chi connectivity index (χ2v) is 4.28. The van der Waals surface area contributed by atoms with Gasteiger partial charge in [0.2, 0.25) is 0 Å². The van der Waals surface area contributed by atoms with Gasteiger partial charge in [-0.15, -0.1) is 0 Å². The lowest BCUT2D eigenvalue weighted by Gasteiger charge is -2.10. The number of carbonyl (C=O) groups is 1. The highest BCUT2D eigenvalue weighted by molar-refractivity contribution is 5.95. The van der Waals surface area contributed by atoms with Gasteiger partial charge in [-0.3, -0.25) is 4.79 Å². The van der Waals surface area contributed by atoms with E-state index < -0.39 is 11.9 Å². The van der Waals surface area contributed by atoms with Crippen LogP contribution in [0.3, 0.4) is 0 Å². The number of nitrogens with two attached hydrogens (primary N) is 1. The summed E-state index contributed by atoms with van der Waals surface area (Å²) in [6.45, 7) is 3.77. The molecule has 1 rings (SSSR count). The van der Waals surface area contributed by atoms with Crippen LogP contribution in [0.4, 0.5) is 10.1 Å². The maximum absolute atomic E-state index is 13.4. The molecule has 0 saturated heterocycles. The smallest absolute Gasteiger partial charge is 0.251 e. The third-order valence-corrected chi connectivity index (χ3v) is 2.88. The molecular formula is C13H19FN2O2. The molecule has 0 bridgehead atoms. The van der Waals surface area contributed by atoms with Crippen LogP contribution in [0.5, 0.6) is 0 Å². The number of halogens is 1. The van der Waals surface area contributed by atoms with Crippen molar-refractivity contribution in [1.82, 2.24) is 5.32 Å². The Hall–Kier alpha value is -1.62. The van der Waals surface area contributed by atoms with E-state index in [9.17, 15) is 14.3 Å². The molecule has 18 heavy (non-hydrogen) atoms. The number of benzene rings is 1. The van der Waals surface area contributed by atoms with Crippen LogP contribution in [0.2, 0.25) is 0 Å². The number of nitrogen functional groups attached to an aromatic ring is 1. The van der Waals surface area contributed by atoms with Gasteiger partial charge in [-0.1, -0.05) is 6.92 Å². The van der Waals surface area contributed by atoms with Crippen molar-refractivity contribution >= 4 is 11.6 Å². The lowest BCUT2D eigenvalue weighted by molar-refractivity contribution is 0.0941. The summed E-state index contributed by atoms with van der Waals surface area (Å²) < 4.78 is 13.4. The van der Waals surface area contributed by atoms with Crippen LogP contribution >= 0.6 is 0 Å². The molecule has 0 aliphatic heterocycles. The molecule has 0 aromatic heterocycles. The zero-order valence-corrected chi connectivity index (χ0v) is 10.7. The van der Waals surface area contributed by atoms with E-state index in [0.717, 1.165) is 6.07 Å². The number of carbonyl (C=O) groups excluding carboxylic acids is 1. The van der Waals surface area contributed by atoms with Crippen molar-refractivity contribution in [2.45, 2.75) is 32.8 Å². The predicted molar refractivity (Wildman–Crippen MR) is 68.8 cm³/mol. The van der Waals surface area contributed by atoms with E-state index in [1.54, 1.807) is 6.92 Å². The first kappa shape index (κ1) is 14.4. The largest absolute Gasteiger partial charge is 0.398 e. The Balaban J connectivity index is 2.62. The van der Waals surface area contributed by atoms with Gasteiger partial charge < -0.3 is 16.2 Å². The number of hydrogen-bond acceptors (Lipinski definition) is 3. The molecular weight excluding hydrogens is 235 g/mol. The summed E-state index contributed by atoms with van der Waals surface area (Å²) in [5.41, 5.74) is 6.39. The van der Waals surface area contributed by atoms with E-state index in [1.807, 2.05) is 6.92 Å². The molecule has 1 aromatic carbocycles. The monoisotopic (exact) mass is 254 g/mol. The Morgan fingerprint density at radius 1 is 1.56 bits per heavy atom. The van der Waals surface area contributed by atoms with Crippen LogP contribution in [0.25, 0.3) is 0 Å². The topological polar surface area (TPSA) is 75.3 Å². The number of anilines is 1. The Morgan fingerprint density at radius 3 is 2.78 bits per heavy atom. The average molecular weight is 254 g/mol. The van der Waals surface area contributed by atoms with Gasteiger partial charge in [-0.25, -0.2) is 4.39 Å². The highest BCUT2D eigenvalue weighted by Gasteiger charge is 2.11. The third kappa shape index (κ3) is 3.70. The number of hydrogen-bond donors (Lipinski definition) is 3. The summed E-state index contributed by atoms with van der Waals surface area (Å²) in [7, 11) is 0. The molecule has 1 atom stereocenters. The summed E-state index contributed by atoms with van der Waals surface area (Å²) >= 11 is 0.